The first-order valence-electron chi connectivity index (χ1n) is 5.12. The predicted molar refractivity (Wildman–Crippen MR) is 65.7 cm³/mol. The molecule has 19 heavy (non-hydrogen) atoms. The Hall–Kier alpha value is -1.31. The molecule has 4 nitrogen and oxygen atoms in total. The van der Waals surface area contributed by atoms with E-state index in [2.05, 4.69) is 0 Å². The van der Waals surface area contributed by atoms with Gasteiger partial charge in [0.15, 0.2) is 0 Å². The Kier molecular flexibility index (Phi) is 6.28. The highest BCUT2D eigenvalue weighted by Crippen LogP contribution is 2.38. The lowest BCUT2D eigenvalue weighted by Gasteiger charge is -2.31. The summed E-state index contributed by atoms with van der Waals surface area (Å²) in [6.07, 6.45) is -4.91. The van der Waals surface area contributed by atoms with Gasteiger partial charge >= 0.3 is 6.18 Å². The van der Waals surface area contributed by atoms with E-state index in [0.717, 1.165) is 12.1 Å². The minimum absolute atomic E-state index is 0. The van der Waals surface area contributed by atoms with Crippen LogP contribution in [0.3, 0.4) is 0 Å². The van der Waals surface area contributed by atoms with Crippen molar-refractivity contribution >= 4 is 18.3 Å². The molecule has 4 N–H and O–H groups in total. The zero-order chi connectivity index (χ0) is 13.8. The van der Waals surface area contributed by atoms with Gasteiger partial charge in [-0.1, -0.05) is 30.3 Å². The standard InChI is InChI=1S/C11H13F3N2O2.ClH/c12-11(13,14)10(18,7-16-9(17)6-15)8-4-2-1-3-5-8;/h1-5,18H,6-7,15H2,(H,16,17);1H. The van der Waals surface area contributed by atoms with Crippen LogP contribution < -0.4 is 11.1 Å². The second-order valence-corrected chi connectivity index (χ2v) is 3.70. The van der Waals surface area contributed by atoms with Crippen molar-refractivity contribution in [1.29, 1.82) is 0 Å². The van der Waals surface area contributed by atoms with E-state index in [1.54, 1.807) is 0 Å². The molecular formula is C11H14ClF3N2O2. The number of aliphatic hydroxyl groups is 1. The SMILES string of the molecule is Cl.NCC(=O)NCC(O)(c1ccccc1)C(F)(F)F. The number of benzene rings is 1. The van der Waals surface area contributed by atoms with Crippen LogP contribution in [0, 0.1) is 0 Å². The Morgan fingerprint density at radius 2 is 1.79 bits per heavy atom. The monoisotopic (exact) mass is 298 g/mol. The van der Waals surface area contributed by atoms with E-state index in [9.17, 15) is 23.1 Å². The van der Waals surface area contributed by atoms with Gasteiger partial charge in [-0.2, -0.15) is 13.2 Å². The van der Waals surface area contributed by atoms with Crippen LogP contribution in [0.2, 0.25) is 0 Å². The summed E-state index contributed by atoms with van der Waals surface area (Å²) in [4.78, 5) is 10.9. The molecule has 0 aromatic heterocycles. The lowest BCUT2D eigenvalue weighted by molar-refractivity contribution is -0.264. The van der Waals surface area contributed by atoms with Crippen molar-refractivity contribution < 1.29 is 23.1 Å². The van der Waals surface area contributed by atoms with E-state index in [0.29, 0.717) is 0 Å². The molecule has 0 spiro atoms. The molecule has 0 aliphatic rings. The van der Waals surface area contributed by atoms with Crippen LogP contribution in [0.1, 0.15) is 5.56 Å². The van der Waals surface area contributed by atoms with E-state index in [1.165, 1.54) is 18.2 Å². The highest BCUT2D eigenvalue weighted by molar-refractivity contribution is 5.85. The number of nitrogens with one attached hydrogen (secondary N) is 1. The summed E-state index contributed by atoms with van der Waals surface area (Å²) in [7, 11) is 0. The van der Waals surface area contributed by atoms with Crippen molar-refractivity contribution in [1.82, 2.24) is 5.32 Å². The van der Waals surface area contributed by atoms with Gasteiger partial charge in [0.1, 0.15) is 0 Å². The van der Waals surface area contributed by atoms with Crippen molar-refractivity contribution in [3.8, 4) is 0 Å². The largest absolute Gasteiger partial charge is 0.423 e. The maximum absolute atomic E-state index is 12.9. The van der Waals surface area contributed by atoms with Crippen LogP contribution in [0.4, 0.5) is 13.2 Å². The number of carbonyl (C=O) groups is 1. The molecule has 8 heteroatoms. The average Bonchev–Trinajstić information content (AvgIpc) is 2.35. The van der Waals surface area contributed by atoms with E-state index >= 15 is 0 Å². The quantitative estimate of drug-likeness (QED) is 0.774. The van der Waals surface area contributed by atoms with Crippen molar-refractivity contribution in [3.63, 3.8) is 0 Å². The smallest absolute Gasteiger partial charge is 0.375 e. The highest BCUT2D eigenvalue weighted by Gasteiger charge is 2.54. The molecule has 0 aliphatic heterocycles. The fourth-order valence-electron chi connectivity index (χ4n) is 1.38. The Morgan fingerprint density at radius 1 is 1.26 bits per heavy atom. The summed E-state index contributed by atoms with van der Waals surface area (Å²) >= 11 is 0. The second-order valence-electron chi connectivity index (χ2n) is 3.70. The van der Waals surface area contributed by atoms with E-state index in [1.807, 2.05) is 5.32 Å². The van der Waals surface area contributed by atoms with Gasteiger partial charge in [-0.25, -0.2) is 0 Å². The molecule has 1 atom stereocenters. The van der Waals surface area contributed by atoms with Gasteiger partial charge in [0.25, 0.3) is 0 Å². The molecule has 0 aliphatic carbocycles. The summed E-state index contributed by atoms with van der Waals surface area (Å²) in [5.41, 5.74) is 1.51. The zero-order valence-corrected chi connectivity index (χ0v) is 10.6. The molecule has 1 rings (SSSR count). The van der Waals surface area contributed by atoms with Gasteiger partial charge in [-0.05, 0) is 5.56 Å². The number of hydrogen-bond donors (Lipinski definition) is 3. The molecule has 1 unspecified atom stereocenters. The lowest BCUT2D eigenvalue weighted by Crippen LogP contribution is -2.51. The lowest BCUT2D eigenvalue weighted by atomic mass is 9.93. The average molecular weight is 299 g/mol. The summed E-state index contributed by atoms with van der Waals surface area (Å²) < 4.78 is 38.7. The third-order valence-electron chi connectivity index (χ3n) is 2.45. The Labute approximate surface area is 114 Å². The predicted octanol–water partition coefficient (Wildman–Crippen LogP) is 0.933. The fraction of sp³-hybridized carbons (Fsp3) is 0.364. The zero-order valence-electron chi connectivity index (χ0n) is 9.78. The molecule has 1 aromatic rings. The Bertz CT molecular complexity index is 414. The normalized spacial score (nSPS) is 14.2. The molecule has 1 amide bonds. The maximum Gasteiger partial charge on any atom is 0.423 e. The molecule has 1 aromatic carbocycles. The number of halogens is 4. The van der Waals surface area contributed by atoms with Crippen LogP contribution in [0.15, 0.2) is 30.3 Å². The number of nitrogens with two attached hydrogens (primary N) is 1. The summed E-state index contributed by atoms with van der Waals surface area (Å²) in [6.45, 7) is -1.42. The highest BCUT2D eigenvalue weighted by atomic mass is 35.5. The summed E-state index contributed by atoms with van der Waals surface area (Å²) in [5, 5.41) is 11.7. The Morgan fingerprint density at radius 3 is 2.21 bits per heavy atom. The van der Waals surface area contributed by atoms with Gasteiger partial charge < -0.3 is 16.2 Å². The van der Waals surface area contributed by atoms with Gasteiger partial charge in [0, 0.05) is 0 Å². The molecule has 0 radical (unpaired) electrons. The molecule has 0 fully saturated rings. The van der Waals surface area contributed by atoms with E-state index in [-0.39, 0.29) is 18.0 Å². The van der Waals surface area contributed by atoms with Crippen molar-refractivity contribution in [3.05, 3.63) is 35.9 Å². The van der Waals surface area contributed by atoms with Gasteiger partial charge in [-0.15, -0.1) is 12.4 Å². The maximum atomic E-state index is 12.9. The van der Waals surface area contributed by atoms with Crippen molar-refractivity contribution in [2.24, 2.45) is 5.73 Å². The second kappa shape index (κ2) is 6.74. The van der Waals surface area contributed by atoms with Gasteiger partial charge in [0.05, 0.1) is 13.1 Å². The molecule has 0 heterocycles. The van der Waals surface area contributed by atoms with Gasteiger partial charge in [-0.3, -0.25) is 4.79 Å². The van der Waals surface area contributed by atoms with Crippen LogP contribution >= 0.6 is 12.4 Å². The molecular weight excluding hydrogens is 285 g/mol. The van der Waals surface area contributed by atoms with E-state index in [4.69, 9.17) is 5.73 Å². The molecule has 0 bridgehead atoms. The topological polar surface area (TPSA) is 75.4 Å². The Balaban J connectivity index is 0.00000324. The minimum Gasteiger partial charge on any atom is -0.375 e. The summed E-state index contributed by atoms with van der Waals surface area (Å²) in [5.74, 6) is -0.770. The van der Waals surface area contributed by atoms with Crippen LogP contribution in [0.5, 0.6) is 0 Å². The van der Waals surface area contributed by atoms with Crippen molar-refractivity contribution in [2.45, 2.75) is 11.8 Å². The number of hydrogen-bond acceptors (Lipinski definition) is 3. The van der Waals surface area contributed by atoms with Gasteiger partial charge in [0.2, 0.25) is 11.5 Å². The fourth-order valence-corrected chi connectivity index (χ4v) is 1.38. The van der Waals surface area contributed by atoms with Crippen molar-refractivity contribution in [2.75, 3.05) is 13.1 Å². The van der Waals surface area contributed by atoms with Crippen LogP contribution in [-0.2, 0) is 10.4 Å². The van der Waals surface area contributed by atoms with Crippen LogP contribution in [-0.4, -0.2) is 30.3 Å². The number of rotatable bonds is 4. The first-order chi connectivity index (χ1) is 8.31. The minimum atomic E-state index is -4.91. The number of alkyl halides is 3. The molecule has 108 valence electrons. The summed E-state index contributed by atoms with van der Waals surface area (Å²) in [6, 6.07) is 6.55. The van der Waals surface area contributed by atoms with E-state index < -0.39 is 30.8 Å². The number of amides is 1. The first kappa shape index (κ1) is 17.7. The third kappa shape index (κ3) is 4.09. The molecule has 0 saturated heterocycles. The van der Waals surface area contributed by atoms with Crippen LogP contribution in [0.25, 0.3) is 0 Å². The number of carbonyl (C=O) groups excluding carboxylic acids is 1. The first-order valence-corrected chi connectivity index (χ1v) is 5.12. The third-order valence-corrected chi connectivity index (χ3v) is 2.45. The molecule has 0 saturated carbocycles.